The van der Waals surface area contributed by atoms with Gasteiger partial charge < -0.3 is 9.42 Å². The van der Waals surface area contributed by atoms with E-state index in [0.29, 0.717) is 0 Å². The normalized spacial score (nSPS) is 19.1. The van der Waals surface area contributed by atoms with Gasteiger partial charge in [0.1, 0.15) is 0 Å². The van der Waals surface area contributed by atoms with Crippen molar-refractivity contribution < 1.29 is 4.52 Å². The van der Waals surface area contributed by atoms with E-state index < -0.39 is 0 Å². The molecule has 2 rings (SSSR count). The zero-order valence-corrected chi connectivity index (χ0v) is 11.1. The van der Waals surface area contributed by atoms with Gasteiger partial charge in [0.05, 0.1) is 12.2 Å². The van der Waals surface area contributed by atoms with Crippen molar-refractivity contribution in [2.75, 3.05) is 32.7 Å². The van der Waals surface area contributed by atoms with E-state index in [-0.39, 0.29) is 0 Å². The van der Waals surface area contributed by atoms with Gasteiger partial charge in [-0.3, -0.25) is 4.90 Å². The summed E-state index contributed by atoms with van der Waals surface area (Å²) in [7, 11) is 0. The van der Waals surface area contributed by atoms with E-state index >= 15 is 0 Å². The Balaban J connectivity index is 1.75. The van der Waals surface area contributed by atoms with Gasteiger partial charge in [-0.25, -0.2) is 0 Å². The number of hydrogen-bond donors (Lipinski definition) is 0. The number of aryl methyl sites for hydroxylation is 1. The van der Waals surface area contributed by atoms with Crippen LogP contribution >= 0.6 is 0 Å². The largest absolute Gasteiger partial charge is 0.360 e. The van der Waals surface area contributed by atoms with Crippen LogP contribution in [0, 0.1) is 12.8 Å². The van der Waals surface area contributed by atoms with Crippen LogP contribution in [0.15, 0.2) is 10.6 Å². The lowest BCUT2D eigenvalue weighted by molar-refractivity contribution is 0.110. The molecule has 1 aromatic heterocycles. The maximum absolute atomic E-state index is 5.25. The lowest BCUT2D eigenvalue weighted by Gasteiger charge is -2.34. The van der Waals surface area contributed by atoms with E-state index in [9.17, 15) is 0 Å². The zero-order valence-electron chi connectivity index (χ0n) is 11.1. The summed E-state index contributed by atoms with van der Waals surface area (Å²) in [6.45, 7) is 13.3. The third-order valence-electron chi connectivity index (χ3n) is 3.14. The molecule has 4 nitrogen and oxygen atoms in total. The number of rotatable bonds is 4. The van der Waals surface area contributed by atoms with Crippen molar-refractivity contribution in [2.45, 2.75) is 27.3 Å². The highest BCUT2D eigenvalue weighted by atomic mass is 16.5. The Morgan fingerprint density at radius 1 is 1.24 bits per heavy atom. The summed E-state index contributed by atoms with van der Waals surface area (Å²) >= 11 is 0. The number of nitrogens with zero attached hydrogens (tertiary/aromatic N) is 3. The van der Waals surface area contributed by atoms with Crippen LogP contribution in [-0.2, 0) is 6.54 Å². The van der Waals surface area contributed by atoms with E-state index in [1.54, 1.807) is 0 Å². The average Bonchev–Trinajstić information content (AvgIpc) is 2.66. The van der Waals surface area contributed by atoms with Gasteiger partial charge in [0.25, 0.3) is 0 Å². The summed E-state index contributed by atoms with van der Waals surface area (Å²) in [6.07, 6.45) is 0. The molecule has 0 amide bonds. The van der Waals surface area contributed by atoms with Crippen molar-refractivity contribution in [1.29, 1.82) is 0 Å². The van der Waals surface area contributed by atoms with Crippen molar-refractivity contribution in [1.82, 2.24) is 15.0 Å². The van der Waals surface area contributed by atoms with Crippen molar-refractivity contribution in [3.63, 3.8) is 0 Å². The van der Waals surface area contributed by atoms with Crippen molar-refractivity contribution in [3.05, 3.63) is 17.5 Å². The Kier molecular flexibility index (Phi) is 4.18. The highest BCUT2D eigenvalue weighted by Crippen LogP contribution is 2.10. The SMILES string of the molecule is Cc1cc(CN2CCN(CC(C)C)CC2)on1. The van der Waals surface area contributed by atoms with Crippen molar-refractivity contribution in [2.24, 2.45) is 5.92 Å². The summed E-state index contributed by atoms with van der Waals surface area (Å²) in [6, 6.07) is 2.03. The van der Waals surface area contributed by atoms with Gasteiger partial charge in [-0.15, -0.1) is 0 Å². The fourth-order valence-corrected chi connectivity index (χ4v) is 2.36. The van der Waals surface area contributed by atoms with E-state index in [4.69, 9.17) is 4.52 Å². The Morgan fingerprint density at radius 2 is 1.88 bits per heavy atom. The molecule has 0 radical (unpaired) electrons. The van der Waals surface area contributed by atoms with Gasteiger partial charge >= 0.3 is 0 Å². The molecule has 17 heavy (non-hydrogen) atoms. The predicted octanol–water partition coefficient (Wildman–Crippen LogP) is 1.76. The molecule has 1 aromatic rings. The molecule has 1 saturated heterocycles. The van der Waals surface area contributed by atoms with Crippen LogP contribution in [0.3, 0.4) is 0 Å². The zero-order chi connectivity index (χ0) is 12.3. The number of piperazine rings is 1. The molecule has 2 heterocycles. The lowest BCUT2D eigenvalue weighted by Crippen LogP contribution is -2.46. The fraction of sp³-hybridized carbons (Fsp3) is 0.769. The first-order valence-corrected chi connectivity index (χ1v) is 6.50. The van der Waals surface area contributed by atoms with Crippen molar-refractivity contribution >= 4 is 0 Å². The third kappa shape index (κ3) is 3.82. The average molecular weight is 237 g/mol. The first-order valence-electron chi connectivity index (χ1n) is 6.50. The quantitative estimate of drug-likeness (QED) is 0.799. The maximum atomic E-state index is 5.25. The summed E-state index contributed by atoms with van der Waals surface area (Å²) < 4.78 is 5.25. The highest BCUT2D eigenvalue weighted by molar-refractivity contribution is 5.03. The van der Waals surface area contributed by atoms with E-state index in [2.05, 4.69) is 28.8 Å². The van der Waals surface area contributed by atoms with Crippen LogP contribution in [0.5, 0.6) is 0 Å². The van der Waals surface area contributed by atoms with E-state index in [1.807, 2.05) is 13.0 Å². The minimum Gasteiger partial charge on any atom is -0.360 e. The summed E-state index contributed by atoms with van der Waals surface area (Å²) in [4.78, 5) is 4.99. The standard InChI is InChI=1S/C13H23N3O/c1-11(2)9-15-4-6-16(7-5-15)10-13-8-12(3)14-17-13/h8,11H,4-7,9-10H2,1-3H3. The first-order chi connectivity index (χ1) is 8.13. The van der Waals surface area contributed by atoms with Crippen LogP contribution in [0.2, 0.25) is 0 Å². The molecular weight excluding hydrogens is 214 g/mol. The Hall–Kier alpha value is -0.870. The molecule has 0 N–H and O–H groups in total. The van der Waals surface area contributed by atoms with Gasteiger partial charge in [-0.2, -0.15) is 0 Å². The molecule has 4 heteroatoms. The second-order valence-electron chi connectivity index (χ2n) is 5.41. The molecule has 1 fully saturated rings. The second kappa shape index (κ2) is 5.65. The Bertz CT molecular complexity index is 340. The monoisotopic (exact) mass is 237 g/mol. The summed E-state index contributed by atoms with van der Waals surface area (Å²) in [5.41, 5.74) is 0.971. The topological polar surface area (TPSA) is 32.5 Å². The molecule has 1 aliphatic heterocycles. The smallest absolute Gasteiger partial charge is 0.150 e. The van der Waals surface area contributed by atoms with E-state index in [1.165, 1.54) is 19.6 Å². The van der Waals surface area contributed by atoms with Gasteiger partial charge in [-0.1, -0.05) is 19.0 Å². The number of aromatic nitrogens is 1. The molecule has 0 aromatic carbocycles. The molecule has 1 aliphatic rings. The summed E-state index contributed by atoms with van der Waals surface area (Å²) in [5.74, 6) is 1.75. The lowest BCUT2D eigenvalue weighted by atomic mass is 10.2. The summed E-state index contributed by atoms with van der Waals surface area (Å²) in [5, 5.41) is 3.92. The maximum Gasteiger partial charge on any atom is 0.150 e. The Morgan fingerprint density at radius 3 is 2.41 bits per heavy atom. The highest BCUT2D eigenvalue weighted by Gasteiger charge is 2.18. The van der Waals surface area contributed by atoms with Crippen LogP contribution in [0.25, 0.3) is 0 Å². The molecule has 0 unspecified atom stereocenters. The third-order valence-corrected chi connectivity index (χ3v) is 3.14. The van der Waals surface area contributed by atoms with Crippen LogP contribution in [-0.4, -0.2) is 47.7 Å². The van der Waals surface area contributed by atoms with Crippen LogP contribution in [0.4, 0.5) is 0 Å². The van der Waals surface area contributed by atoms with Gasteiger partial charge in [0.15, 0.2) is 5.76 Å². The van der Waals surface area contributed by atoms with Crippen LogP contribution < -0.4 is 0 Å². The van der Waals surface area contributed by atoms with Crippen molar-refractivity contribution in [3.8, 4) is 0 Å². The van der Waals surface area contributed by atoms with E-state index in [0.717, 1.165) is 37.0 Å². The molecule has 0 bridgehead atoms. The molecule has 0 spiro atoms. The van der Waals surface area contributed by atoms with Gasteiger partial charge in [-0.05, 0) is 12.8 Å². The predicted molar refractivity (Wildman–Crippen MR) is 67.8 cm³/mol. The second-order valence-corrected chi connectivity index (χ2v) is 5.41. The van der Waals surface area contributed by atoms with Gasteiger partial charge in [0, 0.05) is 38.8 Å². The van der Waals surface area contributed by atoms with Gasteiger partial charge in [0.2, 0.25) is 0 Å². The number of hydrogen-bond acceptors (Lipinski definition) is 4. The fourth-order valence-electron chi connectivity index (χ4n) is 2.36. The minimum absolute atomic E-state index is 0.762. The molecular formula is C13H23N3O. The minimum atomic E-state index is 0.762. The molecule has 0 saturated carbocycles. The van der Waals surface area contributed by atoms with Crippen LogP contribution in [0.1, 0.15) is 25.3 Å². The first kappa shape index (κ1) is 12.6. The molecule has 0 aliphatic carbocycles. The Labute approximate surface area is 104 Å². The molecule has 0 atom stereocenters. The molecule has 96 valence electrons.